The lowest BCUT2D eigenvalue weighted by molar-refractivity contribution is 0.287. The third-order valence-corrected chi connectivity index (χ3v) is 2.07. The van der Waals surface area contributed by atoms with Gasteiger partial charge in [0.2, 0.25) is 0 Å². The van der Waals surface area contributed by atoms with Gasteiger partial charge in [-0.2, -0.15) is 0 Å². The fourth-order valence-corrected chi connectivity index (χ4v) is 1.48. The van der Waals surface area contributed by atoms with Crippen LogP contribution in [0.3, 0.4) is 0 Å². The Kier molecular flexibility index (Phi) is 3.89. The molecule has 0 amide bonds. The Balaban J connectivity index is 2.99. The normalized spacial score (nSPS) is 10.3. The van der Waals surface area contributed by atoms with E-state index >= 15 is 0 Å². The van der Waals surface area contributed by atoms with Gasteiger partial charge in [-0.05, 0) is 37.0 Å². The monoisotopic (exact) mass is 198 g/mol. The molecule has 0 aromatic heterocycles. The number of aliphatic hydroxyl groups is 1. The van der Waals surface area contributed by atoms with E-state index in [1.54, 1.807) is 0 Å². The number of aliphatic hydroxyl groups excluding tert-OH is 1. The third-order valence-electron chi connectivity index (χ3n) is 2.07. The quantitative estimate of drug-likeness (QED) is 0.802. The van der Waals surface area contributed by atoms with Crippen molar-refractivity contribution in [3.8, 4) is 5.75 Å². The molecule has 1 aromatic carbocycles. The standard InChI is InChI=1S/C11H15FO2/c1-8-6-9(4-3-5-13)11(14-2)10(12)7-8/h6-7,13H,3-5H2,1-2H3. The molecule has 1 aromatic rings. The number of methoxy groups -OCH3 is 1. The molecule has 3 heteroatoms. The van der Waals surface area contributed by atoms with Gasteiger partial charge in [0.25, 0.3) is 0 Å². The van der Waals surface area contributed by atoms with E-state index in [-0.39, 0.29) is 12.4 Å². The Bertz CT molecular complexity index is 310. The molecule has 1 rings (SSSR count). The number of rotatable bonds is 4. The van der Waals surface area contributed by atoms with Crippen LogP contribution in [0.2, 0.25) is 0 Å². The predicted octanol–water partition coefficient (Wildman–Crippen LogP) is 2.07. The van der Waals surface area contributed by atoms with Crippen LogP contribution in [-0.2, 0) is 6.42 Å². The molecule has 0 radical (unpaired) electrons. The maximum absolute atomic E-state index is 13.4. The molecule has 0 aliphatic rings. The number of halogens is 1. The van der Waals surface area contributed by atoms with Crippen molar-refractivity contribution in [3.63, 3.8) is 0 Å². The largest absolute Gasteiger partial charge is 0.493 e. The van der Waals surface area contributed by atoms with Crippen molar-refractivity contribution in [2.24, 2.45) is 0 Å². The zero-order valence-corrected chi connectivity index (χ0v) is 8.51. The van der Waals surface area contributed by atoms with Crippen molar-refractivity contribution in [2.75, 3.05) is 13.7 Å². The fraction of sp³-hybridized carbons (Fsp3) is 0.455. The molecule has 0 aliphatic heterocycles. The van der Waals surface area contributed by atoms with Gasteiger partial charge in [0.1, 0.15) is 0 Å². The lowest BCUT2D eigenvalue weighted by atomic mass is 10.1. The van der Waals surface area contributed by atoms with Crippen LogP contribution in [0.1, 0.15) is 17.5 Å². The van der Waals surface area contributed by atoms with E-state index in [0.717, 1.165) is 11.1 Å². The number of ether oxygens (including phenoxy) is 1. The second-order valence-electron chi connectivity index (χ2n) is 3.27. The van der Waals surface area contributed by atoms with Crippen LogP contribution in [0.4, 0.5) is 4.39 Å². The molecular formula is C11H15FO2. The zero-order chi connectivity index (χ0) is 10.6. The van der Waals surface area contributed by atoms with Crippen LogP contribution in [0.5, 0.6) is 5.75 Å². The van der Waals surface area contributed by atoms with Gasteiger partial charge in [-0.25, -0.2) is 4.39 Å². The second-order valence-corrected chi connectivity index (χ2v) is 3.27. The van der Waals surface area contributed by atoms with Crippen LogP contribution in [0.25, 0.3) is 0 Å². The van der Waals surface area contributed by atoms with Gasteiger partial charge in [0, 0.05) is 6.61 Å². The SMILES string of the molecule is COc1c(F)cc(C)cc1CCCO. The highest BCUT2D eigenvalue weighted by atomic mass is 19.1. The first kappa shape index (κ1) is 11.0. The smallest absolute Gasteiger partial charge is 0.165 e. The minimum absolute atomic E-state index is 0.110. The number of hydrogen-bond donors (Lipinski definition) is 1. The molecule has 0 saturated carbocycles. The number of benzene rings is 1. The van der Waals surface area contributed by atoms with Crippen LogP contribution >= 0.6 is 0 Å². The van der Waals surface area contributed by atoms with Gasteiger partial charge in [0.05, 0.1) is 7.11 Å². The summed E-state index contributed by atoms with van der Waals surface area (Å²) in [6.45, 7) is 1.95. The van der Waals surface area contributed by atoms with E-state index in [1.165, 1.54) is 13.2 Å². The van der Waals surface area contributed by atoms with Crippen molar-refractivity contribution in [2.45, 2.75) is 19.8 Å². The van der Waals surface area contributed by atoms with Crippen LogP contribution in [-0.4, -0.2) is 18.8 Å². The van der Waals surface area contributed by atoms with Gasteiger partial charge < -0.3 is 9.84 Å². The summed E-state index contributed by atoms with van der Waals surface area (Å²) in [5.41, 5.74) is 1.69. The average Bonchev–Trinajstić information content (AvgIpc) is 2.14. The second kappa shape index (κ2) is 4.96. The van der Waals surface area contributed by atoms with E-state index in [9.17, 15) is 4.39 Å². The van der Waals surface area contributed by atoms with Crippen molar-refractivity contribution in [3.05, 3.63) is 29.1 Å². The fourth-order valence-electron chi connectivity index (χ4n) is 1.48. The van der Waals surface area contributed by atoms with E-state index in [2.05, 4.69) is 0 Å². The maximum Gasteiger partial charge on any atom is 0.165 e. The molecule has 0 atom stereocenters. The molecule has 0 spiro atoms. The molecular weight excluding hydrogens is 183 g/mol. The van der Waals surface area contributed by atoms with Gasteiger partial charge >= 0.3 is 0 Å². The first-order valence-corrected chi connectivity index (χ1v) is 4.63. The Morgan fingerprint density at radius 1 is 1.43 bits per heavy atom. The Hall–Kier alpha value is -1.09. The molecule has 0 unspecified atom stereocenters. The van der Waals surface area contributed by atoms with Crippen LogP contribution in [0.15, 0.2) is 12.1 Å². The summed E-state index contributed by atoms with van der Waals surface area (Å²) < 4.78 is 18.3. The van der Waals surface area contributed by atoms with Gasteiger partial charge in [0.15, 0.2) is 11.6 Å². The van der Waals surface area contributed by atoms with E-state index in [4.69, 9.17) is 9.84 Å². The highest BCUT2D eigenvalue weighted by Crippen LogP contribution is 2.25. The Morgan fingerprint density at radius 3 is 2.71 bits per heavy atom. The molecule has 2 nitrogen and oxygen atoms in total. The summed E-state index contributed by atoms with van der Waals surface area (Å²) in [5.74, 6) is -0.0375. The summed E-state index contributed by atoms with van der Waals surface area (Å²) in [5, 5.41) is 8.70. The van der Waals surface area contributed by atoms with E-state index in [0.29, 0.717) is 18.6 Å². The predicted molar refractivity (Wildman–Crippen MR) is 53.1 cm³/mol. The van der Waals surface area contributed by atoms with Gasteiger partial charge in [-0.1, -0.05) is 6.07 Å². The molecule has 0 fully saturated rings. The summed E-state index contributed by atoms with van der Waals surface area (Å²) in [6, 6.07) is 3.33. The first-order valence-electron chi connectivity index (χ1n) is 4.63. The number of aryl methyl sites for hydroxylation is 2. The lowest BCUT2D eigenvalue weighted by Crippen LogP contribution is -1.98. The highest BCUT2D eigenvalue weighted by molar-refractivity contribution is 5.38. The zero-order valence-electron chi connectivity index (χ0n) is 8.51. The first-order chi connectivity index (χ1) is 6.69. The van der Waals surface area contributed by atoms with E-state index in [1.807, 2.05) is 13.0 Å². The maximum atomic E-state index is 13.4. The minimum atomic E-state index is -0.333. The molecule has 14 heavy (non-hydrogen) atoms. The summed E-state index contributed by atoms with van der Waals surface area (Å²) in [4.78, 5) is 0. The average molecular weight is 198 g/mol. The Morgan fingerprint density at radius 2 is 2.14 bits per heavy atom. The van der Waals surface area contributed by atoms with E-state index < -0.39 is 0 Å². The van der Waals surface area contributed by atoms with Crippen molar-refractivity contribution >= 4 is 0 Å². The molecule has 1 N–H and O–H groups in total. The van der Waals surface area contributed by atoms with Crippen molar-refractivity contribution < 1.29 is 14.2 Å². The molecule has 0 heterocycles. The molecule has 0 saturated heterocycles. The molecule has 0 aliphatic carbocycles. The highest BCUT2D eigenvalue weighted by Gasteiger charge is 2.09. The number of hydrogen-bond acceptors (Lipinski definition) is 2. The lowest BCUT2D eigenvalue weighted by Gasteiger charge is -2.09. The van der Waals surface area contributed by atoms with Gasteiger partial charge in [-0.3, -0.25) is 0 Å². The minimum Gasteiger partial charge on any atom is -0.493 e. The summed E-state index contributed by atoms with van der Waals surface area (Å²) in [6.07, 6.45) is 1.26. The summed E-state index contributed by atoms with van der Waals surface area (Å²) >= 11 is 0. The third kappa shape index (κ3) is 2.45. The summed E-state index contributed by atoms with van der Waals surface area (Å²) in [7, 11) is 1.45. The van der Waals surface area contributed by atoms with Crippen LogP contribution < -0.4 is 4.74 Å². The Labute approximate surface area is 83.3 Å². The van der Waals surface area contributed by atoms with Crippen molar-refractivity contribution in [1.82, 2.24) is 0 Å². The van der Waals surface area contributed by atoms with Gasteiger partial charge in [-0.15, -0.1) is 0 Å². The topological polar surface area (TPSA) is 29.5 Å². The van der Waals surface area contributed by atoms with Crippen molar-refractivity contribution in [1.29, 1.82) is 0 Å². The van der Waals surface area contributed by atoms with Crippen LogP contribution in [0, 0.1) is 12.7 Å². The molecule has 78 valence electrons. The molecule has 0 bridgehead atoms.